The van der Waals surface area contributed by atoms with Crippen LogP contribution in [0.1, 0.15) is 28.8 Å². The number of rotatable bonds is 10. The molecule has 0 bridgehead atoms. The SMILES string of the molecule is C=CC(=O)NCCN(C)c1cccc(Nc2cc(-c3cc(F)cc(-n4ncc5c6c(sc5c4=O)CCCC6)c3CO)cn(C)c2=O)n1. The highest BCUT2D eigenvalue weighted by molar-refractivity contribution is 7.19. The summed E-state index contributed by atoms with van der Waals surface area (Å²) in [5.41, 5.74) is 1.79. The summed E-state index contributed by atoms with van der Waals surface area (Å²) < 4.78 is 18.4. The molecule has 0 aliphatic heterocycles. The van der Waals surface area contributed by atoms with Crippen molar-refractivity contribution in [1.82, 2.24) is 24.6 Å². The van der Waals surface area contributed by atoms with Crippen molar-refractivity contribution in [2.24, 2.45) is 7.05 Å². The maximum absolute atomic E-state index is 15.3. The molecule has 1 aromatic carbocycles. The van der Waals surface area contributed by atoms with Gasteiger partial charge in [-0.3, -0.25) is 14.4 Å². The Morgan fingerprint density at radius 3 is 2.79 bits per heavy atom. The summed E-state index contributed by atoms with van der Waals surface area (Å²) in [6.45, 7) is 3.81. The first-order valence-corrected chi connectivity index (χ1v) is 16.0. The molecule has 0 saturated carbocycles. The summed E-state index contributed by atoms with van der Waals surface area (Å²) in [5.74, 6) is 0.104. The molecule has 47 heavy (non-hydrogen) atoms. The fraction of sp³-hybridized carbons (Fsp3) is 0.265. The number of carbonyl (C=O) groups is 1. The Hall–Kier alpha value is -5.14. The van der Waals surface area contributed by atoms with Gasteiger partial charge < -0.3 is 25.2 Å². The second-order valence-corrected chi connectivity index (χ2v) is 12.5. The van der Waals surface area contributed by atoms with Gasteiger partial charge in [0, 0.05) is 60.8 Å². The predicted octanol–water partition coefficient (Wildman–Crippen LogP) is 4.20. The number of nitrogens with zero attached hydrogens (tertiary/aromatic N) is 5. The van der Waals surface area contributed by atoms with Crippen molar-refractivity contribution < 1.29 is 14.3 Å². The van der Waals surface area contributed by atoms with Gasteiger partial charge in [-0.2, -0.15) is 9.78 Å². The number of fused-ring (bicyclic) bond motifs is 3. The van der Waals surface area contributed by atoms with Gasteiger partial charge >= 0.3 is 0 Å². The summed E-state index contributed by atoms with van der Waals surface area (Å²) in [7, 11) is 3.40. The van der Waals surface area contributed by atoms with Crippen LogP contribution in [0.5, 0.6) is 0 Å². The highest BCUT2D eigenvalue weighted by atomic mass is 32.1. The third-order valence-corrected chi connectivity index (χ3v) is 9.59. The number of hydrogen-bond acceptors (Lipinski definition) is 9. The van der Waals surface area contributed by atoms with Crippen molar-refractivity contribution in [2.45, 2.75) is 32.3 Å². The van der Waals surface area contributed by atoms with Crippen LogP contribution >= 0.6 is 11.3 Å². The first-order chi connectivity index (χ1) is 22.7. The van der Waals surface area contributed by atoms with Crippen LogP contribution in [0, 0.1) is 5.82 Å². The van der Waals surface area contributed by atoms with E-state index in [9.17, 15) is 19.5 Å². The van der Waals surface area contributed by atoms with Gasteiger partial charge in [0.25, 0.3) is 11.1 Å². The van der Waals surface area contributed by atoms with E-state index in [0.29, 0.717) is 40.6 Å². The minimum atomic E-state index is -0.628. The first kappa shape index (κ1) is 31.8. The van der Waals surface area contributed by atoms with E-state index in [2.05, 4.69) is 27.3 Å². The molecule has 3 N–H and O–H groups in total. The topological polar surface area (TPSA) is 134 Å². The number of nitrogens with one attached hydrogen (secondary N) is 2. The lowest BCUT2D eigenvalue weighted by atomic mass is 9.97. The lowest BCUT2D eigenvalue weighted by Gasteiger charge is -2.19. The van der Waals surface area contributed by atoms with Crippen LogP contribution in [-0.4, -0.2) is 50.5 Å². The minimum Gasteiger partial charge on any atom is -0.392 e. The number of aliphatic hydroxyl groups is 1. The van der Waals surface area contributed by atoms with Crippen LogP contribution in [0.2, 0.25) is 0 Å². The van der Waals surface area contributed by atoms with E-state index in [1.54, 1.807) is 43.7 Å². The smallest absolute Gasteiger partial charge is 0.289 e. The Morgan fingerprint density at radius 2 is 2.00 bits per heavy atom. The summed E-state index contributed by atoms with van der Waals surface area (Å²) >= 11 is 1.46. The van der Waals surface area contributed by atoms with E-state index < -0.39 is 12.4 Å². The van der Waals surface area contributed by atoms with Crippen LogP contribution in [0.4, 0.5) is 21.7 Å². The van der Waals surface area contributed by atoms with Gasteiger partial charge in [0.05, 0.1) is 18.5 Å². The Bertz CT molecular complexity index is 2140. The van der Waals surface area contributed by atoms with Gasteiger partial charge in [0.1, 0.15) is 27.8 Å². The highest BCUT2D eigenvalue weighted by Gasteiger charge is 2.22. The van der Waals surface area contributed by atoms with Gasteiger partial charge in [-0.25, -0.2) is 9.37 Å². The predicted molar refractivity (Wildman–Crippen MR) is 182 cm³/mol. The number of aromatic nitrogens is 4. The number of likely N-dealkylation sites (N-methyl/N-ethyl adjacent to an activating group) is 1. The molecule has 0 saturated heterocycles. The summed E-state index contributed by atoms with van der Waals surface area (Å²) in [4.78, 5) is 46.1. The number of hydrogen-bond donors (Lipinski definition) is 3. The lowest BCUT2D eigenvalue weighted by molar-refractivity contribution is -0.116. The lowest BCUT2D eigenvalue weighted by Crippen LogP contribution is -2.32. The number of pyridine rings is 2. The van der Waals surface area contributed by atoms with E-state index in [4.69, 9.17) is 0 Å². The second-order valence-electron chi connectivity index (χ2n) is 11.4. The van der Waals surface area contributed by atoms with Crippen LogP contribution in [0.25, 0.3) is 26.9 Å². The van der Waals surface area contributed by atoms with Crippen molar-refractivity contribution in [1.29, 1.82) is 0 Å². The van der Waals surface area contributed by atoms with Crippen LogP contribution in [0.15, 0.2) is 71.0 Å². The fourth-order valence-corrected chi connectivity index (χ4v) is 7.17. The van der Waals surface area contributed by atoms with Crippen molar-refractivity contribution >= 4 is 44.7 Å². The number of benzene rings is 1. The van der Waals surface area contributed by atoms with E-state index in [1.165, 1.54) is 44.6 Å². The largest absolute Gasteiger partial charge is 0.392 e. The van der Waals surface area contributed by atoms with E-state index in [-0.39, 0.29) is 34.0 Å². The number of amides is 1. The van der Waals surface area contributed by atoms with E-state index >= 15 is 4.39 Å². The average molecular weight is 656 g/mol. The van der Waals surface area contributed by atoms with Crippen LogP contribution in [0.3, 0.4) is 0 Å². The molecule has 6 rings (SSSR count). The zero-order valence-electron chi connectivity index (χ0n) is 26.0. The molecule has 0 spiro atoms. The molecule has 1 amide bonds. The molecule has 0 atom stereocenters. The van der Waals surface area contributed by atoms with E-state index in [1.807, 2.05) is 11.9 Å². The molecule has 1 aliphatic carbocycles. The molecule has 11 nitrogen and oxygen atoms in total. The number of carbonyl (C=O) groups excluding carboxylic acids is 1. The maximum Gasteiger partial charge on any atom is 0.289 e. The van der Waals surface area contributed by atoms with Gasteiger partial charge in [0.2, 0.25) is 5.91 Å². The zero-order valence-corrected chi connectivity index (χ0v) is 26.9. The Kier molecular flexibility index (Phi) is 9.01. The first-order valence-electron chi connectivity index (χ1n) is 15.2. The quantitative estimate of drug-likeness (QED) is 0.191. The molecule has 0 unspecified atom stereocenters. The third kappa shape index (κ3) is 6.31. The van der Waals surface area contributed by atoms with Crippen LogP contribution in [-0.2, 0) is 31.3 Å². The van der Waals surface area contributed by atoms with E-state index in [0.717, 1.165) is 35.8 Å². The molecule has 5 aromatic rings. The molecule has 0 radical (unpaired) electrons. The summed E-state index contributed by atoms with van der Waals surface area (Å²) in [6.07, 6.45) is 8.39. The van der Waals surface area contributed by atoms with Gasteiger partial charge in [-0.15, -0.1) is 11.3 Å². The second kappa shape index (κ2) is 13.3. The minimum absolute atomic E-state index is 0.130. The number of aliphatic hydroxyl groups excluding tert-OH is 1. The van der Waals surface area contributed by atoms with Crippen molar-refractivity contribution in [3.8, 4) is 16.8 Å². The molecule has 242 valence electrons. The van der Waals surface area contributed by atoms with Crippen molar-refractivity contribution in [3.05, 3.63) is 104 Å². The standard InChI is InChI=1S/C34H34FN7O4S/c1-4-31(44)36-12-13-40(2)30-11-7-10-29(39-30)38-26-14-20(18-41(3)33(26)45)23-15-21(35)16-27(25(23)19-43)42-34(46)32-24(17-37-42)22-8-5-6-9-28(22)47-32/h4,7,10-11,14-18,43H,1,5-6,8-9,12-13,19H2,2-3H3,(H,36,44)(H,38,39). The Balaban J connectivity index is 1.36. The van der Waals surface area contributed by atoms with Gasteiger partial charge in [-0.1, -0.05) is 12.6 Å². The normalized spacial score (nSPS) is 12.5. The van der Waals surface area contributed by atoms with Gasteiger partial charge in [0.15, 0.2) is 0 Å². The zero-order chi connectivity index (χ0) is 33.2. The van der Waals surface area contributed by atoms with Crippen molar-refractivity contribution in [2.75, 3.05) is 30.4 Å². The molecular formula is C34H34FN7O4S. The Labute approximate surface area is 273 Å². The molecular weight excluding hydrogens is 621 g/mol. The summed E-state index contributed by atoms with van der Waals surface area (Å²) in [5, 5.41) is 21.6. The maximum atomic E-state index is 15.3. The Morgan fingerprint density at radius 1 is 1.19 bits per heavy atom. The molecule has 0 fully saturated rings. The molecule has 4 aromatic heterocycles. The number of halogens is 1. The number of anilines is 3. The molecule has 1 aliphatic rings. The summed E-state index contributed by atoms with van der Waals surface area (Å²) in [6, 6.07) is 9.32. The monoisotopic (exact) mass is 655 g/mol. The number of thiophene rings is 1. The number of aryl methyl sites for hydroxylation is 3. The van der Waals surface area contributed by atoms with Crippen molar-refractivity contribution in [3.63, 3.8) is 0 Å². The third-order valence-electron chi connectivity index (χ3n) is 8.29. The van der Waals surface area contributed by atoms with Gasteiger partial charge in [-0.05, 0) is 67.2 Å². The average Bonchev–Trinajstić information content (AvgIpc) is 3.46. The van der Waals surface area contributed by atoms with Crippen LogP contribution < -0.4 is 26.7 Å². The molecule has 13 heteroatoms. The molecule has 4 heterocycles. The highest BCUT2D eigenvalue weighted by Crippen LogP contribution is 2.35. The fourth-order valence-electron chi connectivity index (χ4n) is 5.88.